The van der Waals surface area contributed by atoms with E-state index < -0.39 is 12.1 Å². The van der Waals surface area contributed by atoms with E-state index in [1.54, 1.807) is 55.3 Å². The molecule has 8 nitrogen and oxygen atoms in total. The molecule has 2 heterocycles. The Balaban J connectivity index is 1.88. The molecule has 8 heteroatoms. The van der Waals surface area contributed by atoms with Crippen LogP contribution in [0, 0.1) is 6.92 Å². The van der Waals surface area contributed by atoms with Gasteiger partial charge in [-0.05, 0) is 37.3 Å². The van der Waals surface area contributed by atoms with Crippen LogP contribution in [0.2, 0.25) is 0 Å². The van der Waals surface area contributed by atoms with Crippen molar-refractivity contribution < 1.29 is 28.2 Å². The quantitative estimate of drug-likeness (QED) is 0.618. The van der Waals surface area contributed by atoms with E-state index in [1.165, 1.54) is 14.2 Å². The number of fused-ring (bicyclic) bond motifs is 1. The van der Waals surface area contributed by atoms with Crippen LogP contribution in [-0.2, 0) is 4.74 Å². The number of aryl methyl sites for hydroxylation is 1. The van der Waals surface area contributed by atoms with Gasteiger partial charge in [-0.3, -0.25) is 9.69 Å². The molecular formula is C23H22N2O6. The highest BCUT2D eigenvalue weighted by atomic mass is 16.5. The Labute approximate surface area is 179 Å². The minimum Gasteiger partial charge on any atom is -0.497 e. The monoisotopic (exact) mass is 422 g/mol. The van der Waals surface area contributed by atoms with Crippen molar-refractivity contribution in [3.05, 3.63) is 71.2 Å². The summed E-state index contributed by atoms with van der Waals surface area (Å²) in [6.45, 7) is 1.67. The highest BCUT2D eigenvalue weighted by Crippen LogP contribution is 2.42. The number of nitrogens with zero attached hydrogens (tertiary/aromatic N) is 1. The van der Waals surface area contributed by atoms with E-state index >= 15 is 0 Å². The number of anilines is 2. The molecule has 2 aromatic carbocycles. The molecule has 31 heavy (non-hydrogen) atoms. The van der Waals surface area contributed by atoms with Gasteiger partial charge in [0.2, 0.25) is 0 Å². The Bertz CT molecular complexity index is 1150. The highest BCUT2D eigenvalue weighted by molar-refractivity contribution is 6.12. The molecule has 0 bridgehead atoms. The summed E-state index contributed by atoms with van der Waals surface area (Å²) in [6, 6.07) is 14.0. The highest BCUT2D eigenvalue weighted by Gasteiger charge is 2.38. The maximum atomic E-state index is 13.6. The number of hydrogen-bond acceptors (Lipinski definition) is 7. The van der Waals surface area contributed by atoms with Crippen LogP contribution in [0.5, 0.6) is 11.5 Å². The van der Waals surface area contributed by atoms with Gasteiger partial charge in [-0.2, -0.15) is 0 Å². The van der Waals surface area contributed by atoms with E-state index in [1.807, 2.05) is 12.1 Å². The molecule has 0 saturated heterocycles. The smallest absolute Gasteiger partial charge is 0.341 e. The third kappa shape index (κ3) is 3.46. The summed E-state index contributed by atoms with van der Waals surface area (Å²) in [5.74, 6) is 1.09. The first-order chi connectivity index (χ1) is 15.0. The van der Waals surface area contributed by atoms with Gasteiger partial charge in [0.05, 0.1) is 32.6 Å². The minimum absolute atomic E-state index is 0.239. The molecule has 1 aliphatic rings. The lowest BCUT2D eigenvalue weighted by atomic mass is 10.0. The molecule has 160 valence electrons. The molecule has 0 spiro atoms. The summed E-state index contributed by atoms with van der Waals surface area (Å²) in [4.78, 5) is 27.2. The second-order valence-corrected chi connectivity index (χ2v) is 6.92. The van der Waals surface area contributed by atoms with Crippen molar-refractivity contribution in [3.8, 4) is 11.5 Å². The molecule has 1 atom stereocenters. The Hall–Kier alpha value is -3.94. The molecule has 0 aliphatic carbocycles. The lowest BCUT2D eigenvalue weighted by Crippen LogP contribution is -2.43. The number of rotatable bonds is 5. The molecule has 0 saturated carbocycles. The van der Waals surface area contributed by atoms with Gasteiger partial charge >= 0.3 is 5.97 Å². The Morgan fingerprint density at radius 1 is 1.06 bits per heavy atom. The Morgan fingerprint density at radius 3 is 2.55 bits per heavy atom. The summed E-state index contributed by atoms with van der Waals surface area (Å²) >= 11 is 0. The lowest BCUT2D eigenvalue weighted by molar-refractivity contribution is 0.0598. The van der Waals surface area contributed by atoms with Gasteiger partial charge in [0, 0.05) is 11.8 Å². The zero-order valence-corrected chi connectivity index (χ0v) is 17.6. The van der Waals surface area contributed by atoms with E-state index in [4.69, 9.17) is 18.6 Å². The number of furan rings is 1. The number of para-hydroxylation sites is 1. The normalized spacial score (nSPS) is 15.2. The van der Waals surface area contributed by atoms with Gasteiger partial charge in [-0.25, -0.2) is 4.79 Å². The second-order valence-electron chi connectivity index (χ2n) is 6.92. The van der Waals surface area contributed by atoms with E-state index in [-0.39, 0.29) is 5.91 Å². The van der Waals surface area contributed by atoms with Gasteiger partial charge in [-0.15, -0.1) is 0 Å². The third-order valence-electron chi connectivity index (χ3n) is 5.18. The van der Waals surface area contributed by atoms with Gasteiger partial charge in [-0.1, -0.05) is 12.1 Å². The third-order valence-corrected chi connectivity index (χ3v) is 5.18. The summed E-state index contributed by atoms with van der Waals surface area (Å²) in [5, 5.41) is 3.34. The first-order valence-electron chi connectivity index (χ1n) is 9.58. The number of hydrogen-bond donors (Lipinski definition) is 1. The molecule has 1 aliphatic heterocycles. The number of methoxy groups -OCH3 is 3. The molecular weight excluding hydrogens is 400 g/mol. The minimum atomic E-state index is -0.721. The predicted octanol–water partition coefficient (Wildman–Crippen LogP) is 4.16. The van der Waals surface area contributed by atoms with Crippen molar-refractivity contribution in [3.63, 3.8) is 0 Å². The molecule has 1 amide bonds. The first-order valence-corrected chi connectivity index (χ1v) is 9.58. The summed E-state index contributed by atoms with van der Waals surface area (Å²) < 4.78 is 21.5. The summed E-state index contributed by atoms with van der Waals surface area (Å²) in [5.41, 5.74) is 1.99. The van der Waals surface area contributed by atoms with Crippen molar-refractivity contribution >= 4 is 23.3 Å². The fraction of sp³-hybridized carbons (Fsp3) is 0.217. The van der Waals surface area contributed by atoms with Crippen LogP contribution in [0.15, 0.2) is 52.9 Å². The van der Waals surface area contributed by atoms with Gasteiger partial charge < -0.3 is 23.9 Å². The number of ether oxygens (including phenoxy) is 3. The zero-order valence-electron chi connectivity index (χ0n) is 17.6. The van der Waals surface area contributed by atoms with E-state index in [0.717, 1.165) is 0 Å². The number of nitrogens with one attached hydrogen (secondary N) is 1. The van der Waals surface area contributed by atoms with E-state index in [9.17, 15) is 9.59 Å². The largest absolute Gasteiger partial charge is 0.497 e. The Morgan fingerprint density at radius 2 is 1.84 bits per heavy atom. The molecule has 0 radical (unpaired) electrons. The Kier molecular flexibility index (Phi) is 5.29. The number of benzene rings is 2. The molecule has 1 aromatic heterocycles. The van der Waals surface area contributed by atoms with Crippen molar-refractivity contribution in [2.75, 3.05) is 31.5 Å². The van der Waals surface area contributed by atoms with Crippen LogP contribution in [-0.4, -0.2) is 33.2 Å². The van der Waals surface area contributed by atoms with Crippen LogP contribution in [0.25, 0.3) is 0 Å². The maximum Gasteiger partial charge on any atom is 0.341 e. The molecule has 0 unspecified atom stereocenters. The molecule has 4 rings (SSSR count). The summed E-state index contributed by atoms with van der Waals surface area (Å²) in [6.07, 6.45) is -0.721. The van der Waals surface area contributed by atoms with Gasteiger partial charge in [0.25, 0.3) is 5.91 Å². The zero-order chi connectivity index (χ0) is 22.1. The van der Waals surface area contributed by atoms with Crippen molar-refractivity contribution in [2.45, 2.75) is 13.1 Å². The number of amides is 1. The fourth-order valence-corrected chi connectivity index (χ4v) is 3.64. The van der Waals surface area contributed by atoms with E-state index in [0.29, 0.717) is 45.5 Å². The average molecular weight is 422 g/mol. The van der Waals surface area contributed by atoms with E-state index in [2.05, 4.69) is 5.32 Å². The first kappa shape index (κ1) is 20.3. The van der Waals surface area contributed by atoms with Crippen LogP contribution < -0.4 is 19.7 Å². The SMILES string of the molecule is COC(=O)c1cc([C@H]2Nc3ccccc3C(=O)N2c2ccc(OC)cc2OC)oc1C. The van der Waals surface area contributed by atoms with Crippen LogP contribution in [0.4, 0.5) is 11.4 Å². The lowest BCUT2D eigenvalue weighted by Gasteiger charge is -2.37. The molecule has 0 fully saturated rings. The van der Waals surface area contributed by atoms with Crippen LogP contribution in [0.1, 0.15) is 38.4 Å². The van der Waals surface area contributed by atoms with Crippen LogP contribution in [0.3, 0.4) is 0 Å². The van der Waals surface area contributed by atoms with Crippen LogP contribution >= 0.6 is 0 Å². The standard InChI is InChI=1S/C23H22N2O6/c1-13-16(23(27)30-4)12-20(31-13)21-24-17-8-6-5-7-15(17)22(26)25(21)18-10-9-14(28-2)11-19(18)29-3/h5-12,21,24H,1-4H3/t21-/m0/s1. The summed E-state index contributed by atoms with van der Waals surface area (Å²) in [7, 11) is 4.39. The fourth-order valence-electron chi connectivity index (χ4n) is 3.64. The van der Waals surface area contributed by atoms with Crippen molar-refractivity contribution in [1.82, 2.24) is 0 Å². The predicted molar refractivity (Wildman–Crippen MR) is 114 cm³/mol. The van der Waals surface area contributed by atoms with Gasteiger partial charge in [0.1, 0.15) is 28.6 Å². The topological polar surface area (TPSA) is 90.2 Å². The average Bonchev–Trinajstić information content (AvgIpc) is 3.19. The number of carbonyl (C=O) groups is 2. The maximum absolute atomic E-state index is 13.6. The number of carbonyl (C=O) groups excluding carboxylic acids is 2. The van der Waals surface area contributed by atoms with Gasteiger partial charge in [0.15, 0.2) is 6.17 Å². The second kappa shape index (κ2) is 8.06. The molecule has 1 N–H and O–H groups in total. The molecule has 3 aromatic rings. The van der Waals surface area contributed by atoms with Crippen molar-refractivity contribution in [1.29, 1.82) is 0 Å². The van der Waals surface area contributed by atoms with Crippen molar-refractivity contribution in [2.24, 2.45) is 0 Å². The number of esters is 1.